The maximum atomic E-state index is 11.3. The van der Waals surface area contributed by atoms with E-state index in [4.69, 9.17) is 5.14 Å². The normalized spacial score (nSPS) is 11.4. The van der Waals surface area contributed by atoms with Crippen molar-refractivity contribution in [2.24, 2.45) is 5.14 Å². The topological polar surface area (TPSA) is 73.1 Å². The largest absolute Gasteiger partial charge is 0.256 e. The molecule has 1 aromatic carbocycles. The Labute approximate surface area is 114 Å². The molecule has 1 heterocycles. The summed E-state index contributed by atoms with van der Waals surface area (Å²) in [6.45, 7) is 0. The molecule has 2 aromatic rings. The van der Waals surface area contributed by atoms with Crippen LogP contribution in [-0.2, 0) is 15.4 Å². The van der Waals surface area contributed by atoms with Crippen LogP contribution in [0, 0.1) is 0 Å². The summed E-state index contributed by atoms with van der Waals surface area (Å²) < 4.78 is 22.5. The lowest BCUT2D eigenvalue weighted by Gasteiger charge is -2.04. The number of primary sulfonamides is 1. The number of sulfonamides is 1. The second-order valence-electron chi connectivity index (χ2n) is 3.76. The molecule has 0 radical (unpaired) electrons. The predicted octanol–water partition coefficient (Wildman–Crippen LogP) is 2.29. The second kappa shape index (κ2) is 5.17. The molecule has 0 saturated heterocycles. The van der Waals surface area contributed by atoms with Crippen LogP contribution < -0.4 is 5.14 Å². The number of nitrogens with zero attached hydrogens (tertiary/aromatic N) is 1. The van der Waals surface area contributed by atoms with E-state index in [0.717, 1.165) is 16.5 Å². The number of nitrogens with two attached hydrogens (primary N) is 1. The van der Waals surface area contributed by atoms with Gasteiger partial charge in [-0.15, -0.1) is 0 Å². The zero-order valence-electron chi connectivity index (χ0n) is 9.38. The number of hydrogen-bond donors (Lipinski definition) is 1. The third-order valence-electron chi connectivity index (χ3n) is 2.44. The number of alkyl halides is 1. The number of pyridine rings is 1. The summed E-state index contributed by atoms with van der Waals surface area (Å²) >= 11 is 3.34. The average Bonchev–Trinajstić information content (AvgIpc) is 2.38. The first-order chi connectivity index (χ1) is 8.50. The van der Waals surface area contributed by atoms with Crippen LogP contribution in [0.4, 0.5) is 0 Å². The van der Waals surface area contributed by atoms with Crippen LogP contribution in [0.15, 0.2) is 47.5 Å². The Morgan fingerprint density at radius 1 is 1.22 bits per heavy atom. The minimum absolute atomic E-state index is 0.0892. The Morgan fingerprint density at radius 2 is 2.00 bits per heavy atom. The molecule has 2 rings (SSSR count). The standard InChI is InChI=1S/C12H11BrN2O2S/c13-7-9-4-5-12(15-8-9)10-2-1-3-11(6-10)18(14,16)17/h1-6,8H,7H2,(H2,14,16,17). The minimum Gasteiger partial charge on any atom is -0.256 e. The first kappa shape index (κ1) is 13.2. The van der Waals surface area contributed by atoms with Crippen molar-refractivity contribution in [1.29, 1.82) is 0 Å². The summed E-state index contributed by atoms with van der Waals surface area (Å²) in [4.78, 5) is 4.37. The van der Waals surface area contributed by atoms with Gasteiger partial charge in [0, 0.05) is 17.1 Å². The van der Waals surface area contributed by atoms with Gasteiger partial charge in [-0.3, -0.25) is 4.98 Å². The van der Waals surface area contributed by atoms with Crippen LogP contribution >= 0.6 is 15.9 Å². The van der Waals surface area contributed by atoms with Crippen molar-refractivity contribution in [2.45, 2.75) is 10.2 Å². The van der Waals surface area contributed by atoms with Crippen LogP contribution in [0.5, 0.6) is 0 Å². The molecule has 0 fully saturated rings. The smallest absolute Gasteiger partial charge is 0.238 e. The van der Waals surface area contributed by atoms with Gasteiger partial charge in [-0.05, 0) is 23.8 Å². The van der Waals surface area contributed by atoms with Crippen molar-refractivity contribution >= 4 is 26.0 Å². The lowest BCUT2D eigenvalue weighted by atomic mass is 10.1. The lowest BCUT2D eigenvalue weighted by Crippen LogP contribution is -2.11. The fourth-order valence-electron chi connectivity index (χ4n) is 1.51. The first-order valence-electron chi connectivity index (χ1n) is 5.15. The molecule has 1 aromatic heterocycles. The van der Waals surface area contributed by atoms with Gasteiger partial charge < -0.3 is 0 Å². The van der Waals surface area contributed by atoms with E-state index in [1.54, 1.807) is 18.3 Å². The molecule has 0 bridgehead atoms. The monoisotopic (exact) mass is 326 g/mol. The Bertz CT molecular complexity index is 654. The Kier molecular flexibility index (Phi) is 3.79. The lowest BCUT2D eigenvalue weighted by molar-refractivity contribution is 0.598. The van der Waals surface area contributed by atoms with Crippen LogP contribution in [0.1, 0.15) is 5.56 Å². The second-order valence-corrected chi connectivity index (χ2v) is 5.88. The van der Waals surface area contributed by atoms with E-state index < -0.39 is 10.0 Å². The number of benzene rings is 1. The third kappa shape index (κ3) is 2.95. The molecule has 0 unspecified atom stereocenters. The fourth-order valence-corrected chi connectivity index (χ4v) is 2.40. The Hall–Kier alpha value is -1.24. The number of rotatable bonds is 3. The van der Waals surface area contributed by atoms with E-state index in [2.05, 4.69) is 20.9 Å². The number of hydrogen-bond acceptors (Lipinski definition) is 3. The molecule has 0 saturated carbocycles. The predicted molar refractivity (Wildman–Crippen MR) is 73.7 cm³/mol. The van der Waals surface area contributed by atoms with Crippen molar-refractivity contribution in [3.8, 4) is 11.3 Å². The number of halogens is 1. The van der Waals surface area contributed by atoms with E-state index in [-0.39, 0.29) is 4.90 Å². The zero-order valence-corrected chi connectivity index (χ0v) is 11.8. The van der Waals surface area contributed by atoms with Crippen molar-refractivity contribution in [3.63, 3.8) is 0 Å². The van der Waals surface area contributed by atoms with Crippen LogP contribution in [0.3, 0.4) is 0 Å². The molecule has 2 N–H and O–H groups in total. The van der Waals surface area contributed by atoms with Gasteiger partial charge in [0.2, 0.25) is 10.0 Å². The molecule has 4 nitrogen and oxygen atoms in total. The highest BCUT2D eigenvalue weighted by molar-refractivity contribution is 9.08. The molecule has 18 heavy (non-hydrogen) atoms. The maximum absolute atomic E-state index is 11.3. The van der Waals surface area contributed by atoms with Crippen molar-refractivity contribution in [3.05, 3.63) is 48.2 Å². The molecule has 0 atom stereocenters. The van der Waals surface area contributed by atoms with Gasteiger partial charge in [-0.25, -0.2) is 13.6 Å². The number of aromatic nitrogens is 1. The highest BCUT2D eigenvalue weighted by Crippen LogP contribution is 2.20. The summed E-state index contributed by atoms with van der Waals surface area (Å²) in [6, 6.07) is 10.2. The molecule has 0 aliphatic carbocycles. The third-order valence-corrected chi connectivity index (χ3v) is 4.00. The fraction of sp³-hybridized carbons (Fsp3) is 0.0833. The minimum atomic E-state index is -3.68. The summed E-state index contributed by atoms with van der Waals surface area (Å²) in [5, 5.41) is 5.83. The van der Waals surface area contributed by atoms with E-state index in [1.807, 2.05) is 12.1 Å². The first-order valence-corrected chi connectivity index (χ1v) is 7.81. The molecule has 0 spiro atoms. The highest BCUT2D eigenvalue weighted by Gasteiger charge is 2.09. The molecule has 94 valence electrons. The summed E-state index contributed by atoms with van der Waals surface area (Å²) in [5.41, 5.74) is 2.49. The van der Waals surface area contributed by atoms with E-state index in [0.29, 0.717) is 5.69 Å². The zero-order chi connectivity index (χ0) is 13.2. The van der Waals surface area contributed by atoms with E-state index in [1.165, 1.54) is 12.1 Å². The summed E-state index contributed by atoms with van der Waals surface area (Å²) in [7, 11) is -3.68. The Balaban J connectivity index is 2.44. The van der Waals surface area contributed by atoms with E-state index >= 15 is 0 Å². The summed E-state index contributed by atoms with van der Waals surface area (Å²) in [6.07, 6.45) is 1.74. The van der Waals surface area contributed by atoms with Crippen LogP contribution in [-0.4, -0.2) is 13.4 Å². The van der Waals surface area contributed by atoms with Crippen LogP contribution in [0.25, 0.3) is 11.3 Å². The molecular formula is C12H11BrN2O2S. The van der Waals surface area contributed by atoms with Gasteiger partial charge in [0.15, 0.2) is 0 Å². The average molecular weight is 327 g/mol. The van der Waals surface area contributed by atoms with Gasteiger partial charge >= 0.3 is 0 Å². The van der Waals surface area contributed by atoms with Gasteiger partial charge in [-0.2, -0.15) is 0 Å². The molecular weight excluding hydrogens is 316 g/mol. The van der Waals surface area contributed by atoms with Gasteiger partial charge in [0.1, 0.15) is 0 Å². The SMILES string of the molecule is NS(=O)(=O)c1cccc(-c2ccc(CBr)cn2)c1. The van der Waals surface area contributed by atoms with Gasteiger partial charge in [-0.1, -0.05) is 34.1 Å². The summed E-state index contributed by atoms with van der Waals surface area (Å²) in [5.74, 6) is 0. The van der Waals surface area contributed by atoms with Gasteiger partial charge in [0.05, 0.1) is 10.6 Å². The van der Waals surface area contributed by atoms with E-state index in [9.17, 15) is 8.42 Å². The maximum Gasteiger partial charge on any atom is 0.238 e. The van der Waals surface area contributed by atoms with Crippen molar-refractivity contribution in [2.75, 3.05) is 0 Å². The van der Waals surface area contributed by atoms with Crippen molar-refractivity contribution in [1.82, 2.24) is 4.98 Å². The molecule has 6 heteroatoms. The molecule has 0 aliphatic rings. The molecule has 0 amide bonds. The quantitative estimate of drug-likeness (QED) is 0.879. The van der Waals surface area contributed by atoms with Crippen molar-refractivity contribution < 1.29 is 8.42 Å². The van der Waals surface area contributed by atoms with Gasteiger partial charge in [0.25, 0.3) is 0 Å². The Morgan fingerprint density at radius 3 is 2.56 bits per heavy atom. The molecule has 0 aliphatic heterocycles. The highest BCUT2D eigenvalue weighted by atomic mass is 79.9. The van der Waals surface area contributed by atoms with Crippen LogP contribution in [0.2, 0.25) is 0 Å².